The number of nitrogens with two attached hydrogens (primary N) is 1. The summed E-state index contributed by atoms with van der Waals surface area (Å²) in [5.41, 5.74) is 12.8. The number of nitrogens with zero attached hydrogens (tertiary/aromatic N) is 3. The summed E-state index contributed by atoms with van der Waals surface area (Å²) in [6.45, 7) is 19.1. The number of carbonyl (C=O) groups is 3. The number of anilines is 3. The molecule has 11 rings (SSSR count). The third-order valence-corrected chi connectivity index (χ3v) is 20.4. The number of aliphatic hydroxyl groups excluding tert-OH is 2. The van der Waals surface area contributed by atoms with Gasteiger partial charge in [-0.25, -0.2) is 14.4 Å². The molecule has 5 aromatic carbocycles. The van der Waals surface area contributed by atoms with Crippen molar-refractivity contribution in [1.29, 1.82) is 0 Å². The zero-order valence-corrected chi connectivity index (χ0v) is 58.4. The van der Waals surface area contributed by atoms with Crippen LogP contribution in [0.5, 0.6) is 0 Å². The van der Waals surface area contributed by atoms with Gasteiger partial charge in [-0.2, -0.15) is 0 Å². The maximum atomic E-state index is 12.7. The lowest BCUT2D eigenvalue weighted by Crippen LogP contribution is -2.48. The smallest absolute Gasteiger partial charge is 0.416 e. The minimum Gasteiger partial charge on any atom is -0.420 e. The number of nitrogen functional groups attached to an aromatic ring is 1. The summed E-state index contributed by atoms with van der Waals surface area (Å²) >= 11 is 32.1. The van der Waals surface area contributed by atoms with E-state index in [-0.39, 0.29) is 35.0 Å². The fourth-order valence-electron chi connectivity index (χ4n) is 11.9. The van der Waals surface area contributed by atoms with Crippen molar-refractivity contribution in [3.05, 3.63) is 191 Å². The molecule has 6 aliphatic rings. The van der Waals surface area contributed by atoms with Crippen LogP contribution in [-0.4, -0.2) is 127 Å². The Hall–Kier alpha value is -4.80. The number of piperidine rings is 4. The van der Waals surface area contributed by atoms with Crippen LogP contribution in [0.4, 0.5) is 35.8 Å². The number of hydrogen-bond donors (Lipinski definition) is 6. The molecule has 14 nitrogen and oxygen atoms in total. The molecule has 2 unspecified atom stereocenters. The predicted octanol–water partition coefficient (Wildman–Crippen LogP) is 17.5. The van der Waals surface area contributed by atoms with E-state index >= 15 is 0 Å². The summed E-state index contributed by atoms with van der Waals surface area (Å²) in [6.07, 6.45) is 16.8. The molecular weight excluding hydrogens is 1430 g/mol. The molecule has 0 radical (unpaired) electrons. The number of aliphatic hydroxyl groups is 2. The standard InChI is InChI=1S/C27H31BrClN3O2.C20H28N2O.C10H9BrClNO2.C6H5BrClN.C4H5ClO2.CH3F/c28-23-17-21(5-6-24(23)29)30-26(34)32-13-8-20(9-14-32)25(33)18-31-15-11-27(12-16-31)10-7-19-3-1-2-4-22(19)27;23-19(17-6-11-21-12-7-17)15-22-13-9-20(10-14-22)8-5-16-3-1-2-4-18(16)20;1-6(2)15-10(14)13-7-3-4-9(12)8(11)5-7;7-5-3-4(9)1-2-6(5)8;1-3(2)7-4(5)6;1-2/h1-7,10,17,20,25,33H,8-9,11-16,18H2,(H,30,34);1-5,8,17,19,21,23H,6-7,9-15H2;3-5H,1H2,2H3,(H,13,14);1-3H,9H2;1H2,2H3;1H3/i;;;;;1D. The minimum absolute atomic E-state index is 0.103. The first-order valence-electron chi connectivity index (χ1n) is 30.4. The number of urea groups is 1. The Morgan fingerprint density at radius 1 is 0.667 bits per heavy atom. The van der Waals surface area contributed by atoms with E-state index in [1.165, 1.54) is 35.1 Å². The van der Waals surface area contributed by atoms with E-state index in [9.17, 15) is 29.0 Å². The van der Waals surface area contributed by atoms with Crippen LogP contribution in [0.1, 0.15) is 88.8 Å². The molecule has 3 amide bonds. The molecule has 7 N–H and O–H groups in total. The number of nitrogens with one attached hydrogen (secondary N) is 3. The molecule has 2 spiro atoms. The minimum atomic E-state index is -1.00. The van der Waals surface area contributed by atoms with Gasteiger partial charge in [0.25, 0.3) is 0 Å². The lowest BCUT2D eigenvalue weighted by molar-refractivity contribution is 0.0284. The third-order valence-electron chi connectivity index (χ3n) is 16.6. The highest BCUT2D eigenvalue weighted by Gasteiger charge is 2.40. The molecule has 4 saturated heterocycles. The van der Waals surface area contributed by atoms with Crippen molar-refractivity contribution in [2.75, 3.05) is 89.0 Å². The van der Waals surface area contributed by atoms with Crippen LogP contribution in [0.2, 0.25) is 15.1 Å². The third kappa shape index (κ3) is 22.5. The first-order valence-corrected chi connectivity index (χ1v) is 33.6. The summed E-state index contributed by atoms with van der Waals surface area (Å²) < 4.78 is 26.7. The molecule has 22 heteroatoms. The topological polar surface area (TPSA) is 182 Å². The second-order valence-corrected chi connectivity index (χ2v) is 27.0. The second-order valence-electron chi connectivity index (χ2n) is 22.9. The fraction of sp³-hybridized carbons (Fsp3) is 0.397. The van der Waals surface area contributed by atoms with Gasteiger partial charge in [0.15, 0.2) is 0 Å². The molecule has 486 valence electrons. The zero-order valence-electron chi connectivity index (χ0n) is 51.7. The molecular formula is C68H81Br3Cl4FN7O7. The van der Waals surface area contributed by atoms with E-state index in [4.69, 9.17) is 58.2 Å². The normalized spacial score (nSPS) is 17.8. The Bertz CT molecular complexity index is 3290. The number of ether oxygens (including phenoxy) is 2. The van der Waals surface area contributed by atoms with Crippen LogP contribution >= 0.6 is 94.2 Å². The monoisotopic (exact) mass is 1500 g/mol. The molecule has 4 fully saturated rings. The van der Waals surface area contributed by atoms with E-state index in [0.717, 1.165) is 99.8 Å². The van der Waals surface area contributed by atoms with Crippen LogP contribution in [-0.2, 0) is 20.3 Å². The number of carbonyl (C=O) groups excluding carboxylic acids is 3. The summed E-state index contributed by atoms with van der Waals surface area (Å²) in [5.74, 6) is 1.36. The van der Waals surface area contributed by atoms with E-state index in [1.807, 2.05) is 4.90 Å². The lowest BCUT2D eigenvalue weighted by Gasteiger charge is -2.41. The van der Waals surface area contributed by atoms with Crippen LogP contribution in [0, 0.1) is 11.8 Å². The number of amides is 3. The van der Waals surface area contributed by atoms with Crippen LogP contribution < -0.4 is 21.7 Å². The fourth-order valence-corrected chi connectivity index (χ4v) is 13.5. The highest BCUT2D eigenvalue weighted by molar-refractivity contribution is 9.11. The molecule has 0 aromatic heterocycles. The van der Waals surface area contributed by atoms with E-state index in [1.54, 1.807) is 68.4 Å². The van der Waals surface area contributed by atoms with E-state index < -0.39 is 18.7 Å². The van der Waals surface area contributed by atoms with Gasteiger partial charge in [0.1, 0.15) is 0 Å². The number of β-amino-alcohol motifs (C(OH)–C–C–N with tert-alkyl or cyclic N) is 2. The first kappa shape index (κ1) is 72.6. The highest BCUT2D eigenvalue weighted by atomic mass is 79.9. The average molecular weight is 1510 g/mol. The van der Waals surface area contributed by atoms with Crippen LogP contribution in [0.15, 0.2) is 153 Å². The van der Waals surface area contributed by atoms with Gasteiger partial charge < -0.3 is 50.8 Å². The average Bonchev–Trinajstić information content (AvgIpc) is 1.67. The van der Waals surface area contributed by atoms with Gasteiger partial charge in [0, 0.05) is 79.1 Å². The number of halogens is 8. The number of rotatable bonds is 10. The van der Waals surface area contributed by atoms with Gasteiger partial charge in [-0.3, -0.25) is 9.71 Å². The Balaban J connectivity index is 0.000000199. The Kier molecular flexibility index (Phi) is 29.5. The van der Waals surface area contributed by atoms with Gasteiger partial charge in [0.2, 0.25) is 0 Å². The van der Waals surface area contributed by atoms with Gasteiger partial charge >= 0.3 is 17.6 Å². The Labute approximate surface area is 576 Å². The molecule has 0 bridgehead atoms. The zero-order chi connectivity index (χ0) is 66.3. The van der Waals surface area contributed by atoms with Crippen molar-refractivity contribution in [1.82, 2.24) is 20.0 Å². The molecule has 5 aromatic rings. The lowest BCUT2D eigenvalue weighted by atomic mass is 9.74. The quantitative estimate of drug-likeness (QED) is 0.0445. The molecule has 90 heavy (non-hydrogen) atoms. The Morgan fingerprint density at radius 3 is 1.48 bits per heavy atom. The summed E-state index contributed by atoms with van der Waals surface area (Å²) in [7, 11) is -1.00. The maximum absolute atomic E-state index is 12.7. The summed E-state index contributed by atoms with van der Waals surface area (Å²) in [4.78, 5) is 40.3. The molecule has 0 saturated carbocycles. The van der Waals surface area contributed by atoms with E-state index in [2.05, 4.69) is 164 Å². The van der Waals surface area contributed by atoms with Gasteiger partial charge in [-0.15, -0.1) is 0 Å². The molecule has 2 aliphatic carbocycles. The second kappa shape index (κ2) is 36.6. The van der Waals surface area contributed by atoms with Crippen molar-refractivity contribution in [2.24, 2.45) is 11.8 Å². The van der Waals surface area contributed by atoms with Crippen molar-refractivity contribution >= 4 is 141 Å². The van der Waals surface area contributed by atoms with Gasteiger partial charge in [0.05, 0.1) is 47.3 Å². The largest absolute Gasteiger partial charge is 0.420 e. The predicted molar refractivity (Wildman–Crippen MR) is 378 cm³/mol. The van der Waals surface area contributed by atoms with Gasteiger partial charge in [-0.1, -0.05) is 121 Å². The summed E-state index contributed by atoms with van der Waals surface area (Å²) in [6, 6.07) is 33.1. The maximum Gasteiger partial charge on any atom is 0.416 e. The SMILES string of the molecule is C=C(C)OC(=O)Cl.C=C(C)OC(=O)Nc1ccc(Cl)c(Br)c1.Nc1ccc(Cl)c(Br)c1.O=C(Nc1ccc(Cl)c(Br)c1)N1CCC(C(O)CN2CCC3(C=Cc4ccccc43)CC2)CC1.OC(CN1CCC2(C=Cc3ccccc32)CC1)C1CCNCC1.[2H]CF. The van der Waals surface area contributed by atoms with Crippen molar-refractivity contribution < 1.29 is 39.8 Å². The van der Waals surface area contributed by atoms with Crippen LogP contribution in [0.25, 0.3) is 12.2 Å². The number of benzene rings is 5. The number of likely N-dealkylation sites (tertiary alicyclic amines) is 3. The Morgan fingerprint density at radius 2 is 1.08 bits per heavy atom. The molecule has 4 aliphatic heterocycles. The first-order chi connectivity index (χ1) is 43.4. The highest BCUT2D eigenvalue weighted by Crippen LogP contribution is 2.45. The molecule has 4 heterocycles. The van der Waals surface area contributed by atoms with Crippen molar-refractivity contribution in [3.8, 4) is 0 Å². The van der Waals surface area contributed by atoms with E-state index in [0.29, 0.717) is 67.1 Å². The number of fused-ring (bicyclic) bond motifs is 4. The van der Waals surface area contributed by atoms with Crippen LogP contribution in [0.3, 0.4) is 0 Å². The van der Waals surface area contributed by atoms with Gasteiger partial charge in [-0.05, 0) is 241 Å². The number of allylic oxidation sites excluding steroid dienone is 4. The number of alkyl halides is 1. The van der Waals surface area contributed by atoms with Crippen molar-refractivity contribution in [3.63, 3.8) is 0 Å². The summed E-state index contributed by atoms with van der Waals surface area (Å²) in [5, 5.41) is 32.3. The molecule has 2 atom stereocenters. The van der Waals surface area contributed by atoms with Crippen molar-refractivity contribution in [2.45, 2.75) is 88.3 Å². The number of hydrogen-bond acceptors (Lipinski definition) is 11.